The van der Waals surface area contributed by atoms with Crippen molar-refractivity contribution in [3.05, 3.63) is 29.6 Å². The van der Waals surface area contributed by atoms with Crippen LogP contribution in [0.25, 0.3) is 0 Å². The molecule has 1 aliphatic rings. The number of nitrogens with one attached hydrogen (secondary N) is 2. The number of halogens is 1. The Balaban J connectivity index is 1.73. The minimum Gasteiger partial charge on any atom is -0.381 e. The summed E-state index contributed by atoms with van der Waals surface area (Å²) < 4.78 is 18.9. The van der Waals surface area contributed by atoms with E-state index in [1.807, 2.05) is 0 Å². The number of amides is 2. The van der Waals surface area contributed by atoms with Gasteiger partial charge in [0.05, 0.1) is 6.04 Å². The van der Waals surface area contributed by atoms with Crippen LogP contribution in [-0.4, -0.2) is 31.5 Å². The monoisotopic (exact) mass is 340 g/mol. The van der Waals surface area contributed by atoms with Crippen LogP contribution < -0.4 is 10.6 Å². The van der Waals surface area contributed by atoms with Gasteiger partial charge in [-0.25, -0.2) is 9.18 Å². The number of urea groups is 1. The molecule has 0 spiro atoms. The molecule has 0 radical (unpaired) electrons. The predicted molar refractivity (Wildman–Crippen MR) is 91.3 cm³/mol. The van der Waals surface area contributed by atoms with E-state index < -0.39 is 0 Å². The van der Waals surface area contributed by atoms with Crippen LogP contribution in [0.2, 0.25) is 0 Å². The molecule has 1 unspecified atom stereocenters. The summed E-state index contributed by atoms with van der Waals surface area (Å²) in [5.74, 6) is 1.18. The maximum Gasteiger partial charge on any atom is 0.315 e. The highest BCUT2D eigenvalue weighted by Crippen LogP contribution is 2.36. The van der Waals surface area contributed by atoms with Gasteiger partial charge in [-0.15, -0.1) is 11.8 Å². The van der Waals surface area contributed by atoms with Crippen LogP contribution >= 0.6 is 11.8 Å². The second-order valence-corrected chi connectivity index (χ2v) is 7.23. The number of carbonyl (C=O) groups is 1. The van der Waals surface area contributed by atoms with E-state index in [-0.39, 0.29) is 17.9 Å². The third kappa shape index (κ3) is 6.03. The van der Waals surface area contributed by atoms with Crippen molar-refractivity contribution in [1.82, 2.24) is 10.6 Å². The molecule has 1 aromatic carbocycles. The molecule has 2 rings (SSSR count). The molecule has 0 fully saturated rings. The van der Waals surface area contributed by atoms with Crippen LogP contribution in [0.5, 0.6) is 0 Å². The van der Waals surface area contributed by atoms with Crippen molar-refractivity contribution < 1.29 is 13.9 Å². The highest BCUT2D eigenvalue weighted by molar-refractivity contribution is 7.99. The molecule has 1 aliphatic heterocycles. The Kier molecular flexibility index (Phi) is 7.17. The Bertz CT molecular complexity index is 525. The summed E-state index contributed by atoms with van der Waals surface area (Å²) in [6, 6.07) is 4.44. The summed E-state index contributed by atoms with van der Waals surface area (Å²) in [7, 11) is 0. The van der Waals surface area contributed by atoms with Gasteiger partial charge in [0.2, 0.25) is 0 Å². The normalized spacial score (nSPS) is 17.0. The first-order valence-corrected chi connectivity index (χ1v) is 9.09. The maximum absolute atomic E-state index is 13.4. The van der Waals surface area contributed by atoms with E-state index in [4.69, 9.17) is 4.74 Å². The van der Waals surface area contributed by atoms with Crippen molar-refractivity contribution in [2.24, 2.45) is 5.92 Å². The first kappa shape index (κ1) is 18.1. The molecule has 1 aromatic rings. The summed E-state index contributed by atoms with van der Waals surface area (Å²) in [6.07, 6.45) is 1.60. The summed E-state index contributed by atoms with van der Waals surface area (Å²) in [5, 5.41) is 5.77. The van der Waals surface area contributed by atoms with Gasteiger partial charge in [-0.2, -0.15) is 0 Å². The molecule has 23 heavy (non-hydrogen) atoms. The average molecular weight is 340 g/mol. The Labute approximate surface area is 141 Å². The van der Waals surface area contributed by atoms with Gasteiger partial charge in [-0.1, -0.05) is 13.8 Å². The lowest BCUT2D eigenvalue weighted by molar-refractivity contribution is 0.108. The van der Waals surface area contributed by atoms with E-state index in [2.05, 4.69) is 24.5 Å². The van der Waals surface area contributed by atoms with Crippen LogP contribution in [-0.2, 0) is 4.74 Å². The molecule has 0 aliphatic carbocycles. The average Bonchev–Trinajstić information content (AvgIpc) is 2.51. The van der Waals surface area contributed by atoms with Crippen LogP contribution in [0.1, 0.15) is 38.3 Å². The van der Waals surface area contributed by atoms with Crippen LogP contribution in [0.15, 0.2) is 23.1 Å². The minimum atomic E-state index is -0.263. The van der Waals surface area contributed by atoms with Gasteiger partial charge >= 0.3 is 6.03 Å². The van der Waals surface area contributed by atoms with E-state index >= 15 is 0 Å². The van der Waals surface area contributed by atoms with Gasteiger partial charge < -0.3 is 15.4 Å². The molecule has 0 bridgehead atoms. The second kappa shape index (κ2) is 9.13. The Hall–Kier alpha value is -1.27. The van der Waals surface area contributed by atoms with Gasteiger partial charge in [0, 0.05) is 30.4 Å². The molecule has 2 N–H and O–H groups in total. The van der Waals surface area contributed by atoms with Gasteiger partial charge in [-0.3, -0.25) is 0 Å². The maximum atomic E-state index is 13.4. The zero-order valence-electron chi connectivity index (χ0n) is 13.7. The largest absolute Gasteiger partial charge is 0.381 e. The molecule has 0 saturated carbocycles. The van der Waals surface area contributed by atoms with Crippen LogP contribution in [0, 0.1) is 11.7 Å². The summed E-state index contributed by atoms with van der Waals surface area (Å²) >= 11 is 1.70. The Morgan fingerprint density at radius 3 is 3.09 bits per heavy atom. The molecule has 128 valence electrons. The second-order valence-electron chi connectivity index (χ2n) is 6.09. The molecule has 6 heteroatoms. The van der Waals surface area contributed by atoms with Gasteiger partial charge in [0.1, 0.15) is 5.82 Å². The third-order valence-electron chi connectivity index (χ3n) is 3.52. The number of fused-ring (bicyclic) bond motifs is 1. The van der Waals surface area contributed by atoms with Crippen LogP contribution in [0.4, 0.5) is 9.18 Å². The summed E-state index contributed by atoms with van der Waals surface area (Å²) in [5.41, 5.74) is 0.872. The molecule has 2 amide bonds. The number of benzene rings is 1. The summed E-state index contributed by atoms with van der Waals surface area (Å²) in [4.78, 5) is 13.0. The predicted octanol–water partition coefficient (Wildman–Crippen LogP) is 3.72. The Morgan fingerprint density at radius 1 is 1.48 bits per heavy atom. The third-order valence-corrected chi connectivity index (χ3v) is 4.64. The lowest BCUT2D eigenvalue weighted by Gasteiger charge is -2.26. The number of hydrogen-bond donors (Lipinski definition) is 2. The standard InChI is InChI=1S/C17H25FN2O2S/c1-12(2)11-22-8-3-7-19-17(21)20-15-6-9-23-16-5-4-13(18)10-14(15)16/h4-5,10,12,15H,3,6-9,11H2,1-2H3,(H2,19,20,21). The quantitative estimate of drug-likeness (QED) is 0.744. The van der Waals surface area contributed by atoms with E-state index in [1.165, 1.54) is 12.1 Å². The highest BCUT2D eigenvalue weighted by Gasteiger charge is 2.22. The van der Waals surface area contributed by atoms with Gasteiger partial charge in [-0.05, 0) is 42.5 Å². The zero-order valence-corrected chi connectivity index (χ0v) is 14.5. The van der Waals surface area contributed by atoms with Crippen molar-refractivity contribution in [3.63, 3.8) is 0 Å². The zero-order chi connectivity index (χ0) is 16.7. The Morgan fingerprint density at radius 2 is 2.30 bits per heavy atom. The smallest absolute Gasteiger partial charge is 0.315 e. The van der Waals surface area contributed by atoms with Crippen molar-refractivity contribution >= 4 is 17.8 Å². The van der Waals surface area contributed by atoms with Crippen LogP contribution in [0.3, 0.4) is 0 Å². The molecule has 4 nitrogen and oxygen atoms in total. The number of carbonyl (C=O) groups excluding carboxylic acids is 1. The fourth-order valence-electron chi connectivity index (χ4n) is 2.42. The number of hydrogen-bond acceptors (Lipinski definition) is 3. The van der Waals surface area contributed by atoms with Gasteiger partial charge in [0.15, 0.2) is 0 Å². The van der Waals surface area contributed by atoms with Crippen molar-refractivity contribution in [2.75, 3.05) is 25.5 Å². The fourth-order valence-corrected chi connectivity index (χ4v) is 3.53. The number of rotatable bonds is 7. The van der Waals surface area contributed by atoms with E-state index in [0.717, 1.165) is 35.7 Å². The first-order valence-electron chi connectivity index (χ1n) is 8.10. The topological polar surface area (TPSA) is 50.4 Å². The first-order chi connectivity index (χ1) is 11.1. The van der Waals surface area contributed by atoms with Crippen molar-refractivity contribution in [1.29, 1.82) is 0 Å². The van der Waals surface area contributed by atoms with E-state index in [1.54, 1.807) is 17.8 Å². The van der Waals surface area contributed by atoms with Crippen molar-refractivity contribution in [2.45, 2.75) is 37.6 Å². The lowest BCUT2D eigenvalue weighted by Crippen LogP contribution is -2.39. The van der Waals surface area contributed by atoms with E-state index in [0.29, 0.717) is 19.1 Å². The number of ether oxygens (including phenoxy) is 1. The number of thioether (sulfide) groups is 1. The molecular formula is C17H25FN2O2S. The molecular weight excluding hydrogens is 315 g/mol. The molecule has 1 heterocycles. The minimum absolute atomic E-state index is 0.126. The molecule has 0 saturated heterocycles. The lowest BCUT2D eigenvalue weighted by atomic mass is 10.0. The highest BCUT2D eigenvalue weighted by atomic mass is 32.2. The molecule has 1 atom stereocenters. The fraction of sp³-hybridized carbons (Fsp3) is 0.588. The van der Waals surface area contributed by atoms with Gasteiger partial charge in [0.25, 0.3) is 0 Å². The summed E-state index contributed by atoms with van der Waals surface area (Å²) in [6.45, 7) is 6.17. The SMILES string of the molecule is CC(C)COCCCNC(=O)NC1CCSc2ccc(F)cc21. The van der Waals surface area contributed by atoms with Crippen molar-refractivity contribution in [3.8, 4) is 0 Å². The van der Waals surface area contributed by atoms with E-state index in [9.17, 15) is 9.18 Å². The molecule has 0 aromatic heterocycles.